The first kappa shape index (κ1) is 10.2. The maximum absolute atomic E-state index is 13.5. The number of nitriles is 1. The molecule has 0 bridgehead atoms. The van der Waals surface area contributed by atoms with Gasteiger partial charge in [0.1, 0.15) is 5.83 Å². The average molecular weight is 182 g/mol. The molecule has 1 fully saturated rings. The van der Waals surface area contributed by atoms with E-state index in [2.05, 4.69) is 6.07 Å². The predicted molar refractivity (Wildman–Crippen MR) is 49.4 cm³/mol. The second-order valence-electron chi connectivity index (χ2n) is 3.46. The molecule has 13 heavy (non-hydrogen) atoms. The van der Waals surface area contributed by atoms with Crippen molar-refractivity contribution in [1.82, 2.24) is 0 Å². The molecule has 1 aliphatic rings. The summed E-state index contributed by atoms with van der Waals surface area (Å²) in [7, 11) is 0. The monoisotopic (exact) mass is 182 g/mol. The molecule has 2 N–H and O–H groups in total. The Bertz CT molecular complexity index is 252. The zero-order chi connectivity index (χ0) is 9.84. The van der Waals surface area contributed by atoms with Crippen LogP contribution in [0.25, 0.3) is 0 Å². The molecule has 0 aromatic carbocycles. The van der Waals surface area contributed by atoms with Crippen molar-refractivity contribution in [2.75, 3.05) is 0 Å². The number of nitrogens with two attached hydrogens (primary N) is 1. The van der Waals surface area contributed by atoms with E-state index < -0.39 is 6.04 Å². The molecule has 1 rings (SSSR count). The van der Waals surface area contributed by atoms with Gasteiger partial charge in [0.25, 0.3) is 0 Å². The molecule has 1 saturated carbocycles. The average Bonchev–Trinajstić information content (AvgIpc) is 2.62. The molecule has 3 heteroatoms. The molecular formula is C10H15FN2. The van der Waals surface area contributed by atoms with Crippen LogP contribution >= 0.6 is 0 Å². The summed E-state index contributed by atoms with van der Waals surface area (Å²) in [6, 6.07) is 1.61. The van der Waals surface area contributed by atoms with Gasteiger partial charge < -0.3 is 5.73 Å². The van der Waals surface area contributed by atoms with Crippen molar-refractivity contribution in [3.05, 3.63) is 11.4 Å². The van der Waals surface area contributed by atoms with Crippen LogP contribution < -0.4 is 5.73 Å². The van der Waals surface area contributed by atoms with E-state index >= 15 is 0 Å². The van der Waals surface area contributed by atoms with Crippen molar-refractivity contribution in [2.24, 2.45) is 11.7 Å². The van der Waals surface area contributed by atoms with E-state index in [9.17, 15) is 4.39 Å². The fraction of sp³-hybridized carbons (Fsp3) is 0.700. The van der Waals surface area contributed by atoms with Gasteiger partial charge in [-0.15, -0.1) is 0 Å². The van der Waals surface area contributed by atoms with E-state index in [0.717, 1.165) is 12.8 Å². The summed E-state index contributed by atoms with van der Waals surface area (Å²) in [5, 5.41) is 8.75. The molecule has 2 atom stereocenters. The lowest BCUT2D eigenvalue weighted by atomic mass is 10.0. The summed E-state index contributed by atoms with van der Waals surface area (Å²) in [5.41, 5.74) is 6.22. The Kier molecular flexibility index (Phi) is 3.44. The van der Waals surface area contributed by atoms with Crippen LogP contribution in [0.2, 0.25) is 0 Å². The van der Waals surface area contributed by atoms with Gasteiger partial charge in [-0.05, 0) is 31.3 Å². The van der Waals surface area contributed by atoms with Crippen molar-refractivity contribution in [1.29, 1.82) is 5.26 Å². The van der Waals surface area contributed by atoms with Gasteiger partial charge in [-0.2, -0.15) is 5.26 Å². The zero-order valence-electron chi connectivity index (χ0n) is 7.89. The van der Waals surface area contributed by atoms with E-state index in [1.165, 1.54) is 0 Å². The third kappa shape index (κ3) is 2.07. The fourth-order valence-electron chi connectivity index (χ4n) is 1.69. The molecule has 0 radical (unpaired) electrons. The van der Waals surface area contributed by atoms with E-state index in [4.69, 9.17) is 11.0 Å². The van der Waals surface area contributed by atoms with Crippen LogP contribution in [-0.2, 0) is 0 Å². The van der Waals surface area contributed by atoms with Crippen LogP contribution in [-0.4, -0.2) is 6.04 Å². The zero-order valence-corrected chi connectivity index (χ0v) is 7.89. The van der Waals surface area contributed by atoms with Crippen LogP contribution in [0, 0.1) is 17.2 Å². The van der Waals surface area contributed by atoms with Gasteiger partial charge in [-0.1, -0.05) is 6.92 Å². The second kappa shape index (κ2) is 4.38. The quantitative estimate of drug-likeness (QED) is 0.712. The largest absolute Gasteiger partial charge is 0.322 e. The molecule has 0 saturated heterocycles. The SMILES string of the molecule is CCC(N)/C(F)=C1\CCCC1C#N. The highest BCUT2D eigenvalue weighted by molar-refractivity contribution is 5.24. The highest BCUT2D eigenvalue weighted by Gasteiger charge is 2.26. The van der Waals surface area contributed by atoms with Crippen LogP contribution in [0.15, 0.2) is 11.4 Å². The predicted octanol–water partition coefficient (Wildman–Crippen LogP) is 2.27. The third-order valence-electron chi connectivity index (χ3n) is 2.59. The van der Waals surface area contributed by atoms with E-state index in [1.54, 1.807) is 0 Å². The minimum atomic E-state index is -0.510. The smallest absolute Gasteiger partial charge is 0.117 e. The molecule has 0 aliphatic heterocycles. The summed E-state index contributed by atoms with van der Waals surface area (Å²) in [4.78, 5) is 0. The molecule has 0 aromatic rings. The lowest BCUT2D eigenvalue weighted by molar-refractivity contribution is 0.510. The summed E-state index contributed by atoms with van der Waals surface area (Å²) < 4.78 is 13.5. The first-order chi connectivity index (χ1) is 6.20. The normalized spacial score (nSPS) is 28.3. The summed E-state index contributed by atoms with van der Waals surface area (Å²) >= 11 is 0. The summed E-state index contributed by atoms with van der Waals surface area (Å²) in [6.45, 7) is 1.85. The second-order valence-corrected chi connectivity index (χ2v) is 3.46. The Morgan fingerprint density at radius 2 is 2.54 bits per heavy atom. The van der Waals surface area contributed by atoms with Gasteiger partial charge in [0, 0.05) is 0 Å². The Balaban J connectivity index is 2.84. The highest BCUT2D eigenvalue weighted by atomic mass is 19.1. The van der Waals surface area contributed by atoms with Gasteiger partial charge in [-0.25, -0.2) is 4.39 Å². The van der Waals surface area contributed by atoms with Gasteiger partial charge in [0.05, 0.1) is 18.0 Å². The molecule has 2 unspecified atom stereocenters. The lowest BCUT2D eigenvalue weighted by Gasteiger charge is -2.10. The first-order valence-corrected chi connectivity index (χ1v) is 4.74. The standard InChI is InChI=1S/C10H15FN2/c1-2-9(13)10(11)8-5-3-4-7(8)6-12/h7,9H,2-5,13H2,1H3/b10-8-. The molecule has 0 aromatic heterocycles. The summed E-state index contributed by atoms with van der Waals surface area (Å²) in [5.74, 6) is -0.468. The molecule has 72 valence electrons. The van der Waals surface area contributed by atoms with Gasteiger partial charge in [-0.3, -0.25) is 0 Å². The minimum absolute atomic E-state index is 0.224. The van der Waals surface area contributed by atoms with E-state index in [0.29, 0.717) is 18.4 Å². The molecule has 1 aliphatic carbocycles. The lowest BCUT2D eigenvalue weighted by Crippen LogP contribution is -2.21. The first-order valence-electron chi connectivity index (χ1n) is 4.74. The van der Waals surface area contributed by atoms with Gasteiger partial charge in [0.15, 0.2) is 0 Å². The Morgan fingerprint density at radius 3 is 3.08 bits per heavy atom. The minimum Gasteiger partial charge on any atom is -0.322 e. The van der Waals surface area contributed by atoms with Crippen molar-refractivity contribution in [3.8, 4) is 6.07 Å². The van der Waals surface area contributed by atoms with Crippen molar-refractivity contribution < 1.29 is 4.39 Å². The maximum Gasteiger partial charge on any atom is 0.117 e. The number of rotatable bonds is 2. The number of hydrogen-bond donors (Lipinski definition) is 1. The Morgan fingerprint density at radius 1 is 1.85 bits per heavy atom. The van der Waals surface area contributed by atoms with Crippen LogP contribution in [0.5, 0.6) is 0 Å². The Hall–Kier alpha value is -0.880. The number of nitrogens with zero attached hydrogens (tertiary/aromatic N) is 1. The van der Waals surface area contributed by atoms with Crippen molar-refractivity contribution in [3.63, 3.8) is 0 Å². The van der Waals surface area contributed by atoms with Gasteiger partial charge in [0.2, 0.25) is 0 Å². The number of halogens is 1. The van der Waals surface area contributed by atoms with Crippen molar-refractivity contribution in [2.45, 2.75) is 38.6 Å². The van der Waals surface area contributed by atoms with E-state index in [-0.39, 0.29) is 11.7 Å². The molecular weight excluding hydrogens is 167 g/mol. The molecule has 2 nitrogen and oxygen atoms in total. The van der Waals surface area contributed by atoms with Crippen molar-refractivity contribution >= 4 is 0 Å². The number of allylic oxidation sites excluding steroid dienone is 1. The topological polar surface area (TPSA) is 49.8 Å². The van der Waals surface area contributed by atoms with Gasteiger partial charge >= 0.3 is 0 Å². The van der Waals surface area contributed by atoms with E-state index in [1.807, 2.05) is 6.92 Å². The number of hydrogen-bond acceptors (Lipinski definition) is 2. The highest BCUT2D eigenvalue weighted by Crippen LogP contribution is 2.34. The van der Waals surface area contributed by atoms with Crippen LogP contribution in [0.1, 0.15) is 32.6 Å². The van der Waals surface area contributed by atoms with Crippen LogP contribution in [0.3, 0.4) is 0 Å². The Labute approximate surface area is 78.2 Å². The molecule has 0 spiro atoms. The molecule has 0 heterocycles. The molecule has 0 amide bonds. The fourth-order valence-corrected chi connectivity index (χ4v) is 1.69. The summed E-state index contributed by atoms with van der Waals surface area (Å²) in [6.07, 6.45) is 3.00. The maximum atomic E-state index is 13.5. The van der Waals surface area contributed by atoms with Crippen LogP contribution in [0.4, 0.5) is 4.39 Å². The third-order valence-corrected chi connectivity index (χ3v) is 2.59.